The third kappa shape index (κ3) is 3.86. The molecule has 0 spiro atoms. The molecule has 2 nitrogen and oxygen atoms in total. The molecular formula is C15H25BO2. The number of hydrogen-bond acceptors (Lipinski definition) is 2. The van der Waals surface area contributed by atoms with Crippen LogP contribution < -0.4 is 0 Å². The van der Waals surface area contributed by atoms with E-state index >= 15 is 0 Å². The minimum Gasteiger partial charge on any atom is -0.423 e. The van der Waals surface area contributed by atoms with E-state index in [1.54, 1.807) is 0 Å². The summed E-state index contributed by atoms with van der Waals surface area (Å²) >= 11 is 0. The Morgan fingerprint density at radius 3 is 1.89 bits per heavy atom. The van der Waals surface area contributed by atoms with Crippen LogP contribution in [0.15, 0.2) is 34.8 Å². The average molecular weight is 248 g/mol. The van der Waals surface area contributed by atoms with Gasteiger partial charge in [-0.2, -0.15) is 0 Å². The Balaban J connectivity index is 3.27. The molecule has 0 atom stereocenters. The van der Waals surface area contributed by atoms with E-state index in [4.69, 9.17) is 0 Å². The molecule has 1 rings (SSSR count). The van der Waals surface area contributed by atoms with Crippen LogP contribution in [-0.2, 0) is 0 Å². The van der Waals surface area contributed by atoms with Gasteiger partial charge in [-0.3, -0.25) is 0 Å². The summed E-state index contributed by atoms with van der Waals surface area (Å²) in [4.78, 5) is 0. The van der Waals surface area contributed by atoms with E-state index in [1.165, 1.54) is 5.57 Å². The highest BCUT2D eigenvalue weighted by atomic mass is 16.4. The van der Waals surface area contributed by atoms with Gasteiger partial charge in [-0.1, -0.05) is 65.3 Å². The Morgan fingerprint density at radius 1 is 0.944 bits per heavy atom. The third-order valence-electron chi connectivity index (χ3n) is 3.34. The van der Waals surface area contributed by atoms with E-state index in [0.717, 1.165) is 12.0 Å². The highest BCUT2D eigenvalue weighted by Crippen LogP contribution is 2.37. The van der Waals surface area contributed by atoms with Crippen LogP contribution >= 0.6 is 0 Å². The Hall–Kier alpha value is -0.795. The van der Waals surface area contributed by atoms with E-state index in [2.05, 4.69) is 47.6 Å². The van der Waals surface area contributed by atoms with E-state index < -0.39 is 7.12 Å². The molecule has 0 aromatic rings. The molecule has 0 unspecified atom stereocenters. The van der Waals surface area contributed by atoms with Crippen LogP contribution in [0.4, 0.5) is 0 Å². The maximum absolute atomic E-state index is 9.39. The maximum atomic E-state index is 9.39. The third-order valence-corrected chi connectivity index (χ3v) is 3.34. The highest BCUT2D eigenvalue weighted by molar-refractivity contribution is 6.51. The van der Waals surface area contributed by atoms with Crippen molar-refractivity contribution in [3.63, 3.8) is 0 Å². The Bertz CT molecular complexity index is 401. The van der Waals surface area contributed by atoms with Gasteiger partial charge in [-0.15, -0.1) is 0 Å². The standard InChI is InChI=1S/C15H25BO2/c1-14(2,3)11-7-8-13(16(17)18)10-12(9-11)15(4,5)6/h8-10,17-18H,7H2,1-6H3. The fourth-order valence-corrected chi connectivity index (χ4v) is 1.89. The molecule has 0 radical (unpaired) electrons. The predicted molar refractivity (Wildman–Crippen MR) is 78.0 cm³/mol. The van der Waals surface area contributed by atoms with Crippen molar-refractivity contribution in [2.45, 2.75) is 48.0 Å². The first-order valence-electron chi connectivity index (χ1n) is 6.51. The lowest BCUT2D eigenvalue weighted by Crippen LogP contribution is -2.16. The molecule has 1 aliphatic carbocycles. The quantitative estimate of drug-likeness (QED) is 0.699. The fraction of sp³-hybridized carbons (Fsp3) is 0.600. The van der Waals surface area contributed by atoms with Crippen molar-refractivity contribution in [1.82, 2.24) is 0 Å². The molecule has 0 fully saturated rings. The minimum absolute atomic E-state index is 0.00514. The van der Waals surface area contributed by atoms with E-state index in [9.17, 15) is 10.0 Å². The molecular weight excluding hydrogens is 223 g/mol. The molecule has 0 aromatic carbocycles. The van der Waals surface area contributed by atoms with Crippen LogP contribution in [0, 0.1) is 10.8 Å². The molecule has 100 valence electrons. The second-order valence-corrected chi connectivity index (χ2v) is 7.05. The zero-order chi connectivity index (χ0) is 14.1. The van der Waals surface area contributed by atoms with Gasteiger partial charge in [0.1, 0.15) is 0 Å². The van der Waals surface area contributed by atoms with Gasteiger partial charge in [-0.05, 0) is 28.3 Å². The van der Waals surface area contributed by atoms with E-state index in [0.29, 0.717) is 5.47 Å². The first kappa shape index (κ1) is 15.3. The Kier molecular flexibility index (Phi) is 4.29. The highest BCUT2D eigenvalue weighted by Gasteiger charge is 2.25. The minimum atomic E-state index is -1.39. The molecule has 1 aliphatic rings. The van der Waals surface area contributed by atoms with Gasteiger partial charge in [0.2, 0.25) is 0 Å². The van der Waals surface area contributed by atoms with Crippen molar-refractivity contribution in [2.24, 2.45) is 10.8 Å². The fourth-order valence-electron chi connectivity index (χ4n) is 1.89. The molecule has 0 bridgehead atoms. The number of allylic oxidation sites excluding steroid dienone is 6. The molecule has 0 heterocycles. The molecule has 0 saturated heterocycles. The van der Waals surface area contributed by atoms with Gasteiger partial charge < -0.3 is 10.0 Å². The topological polar surface area (TPSA) is 40.5 Å². The van der Waals surface area contributed by atoms with E-state index in [-0.39, 0.29) is 10.8 Å². The van der Waals surface area contributed by atoms with Crippen molar-refractivity contribution >= 4 is 7.12 Å². The molecule has 0 aromatic heterocycles. The number of hydrogen-bond donors (Lipinski definition) is 2. The first-order chi connectivity index (χ1) is 8.01. The lowest BCUT2D eigenvalue weighted by molar-refractivity contribution is 0.420. The summed E-state index contributed by atoms with van der Waals surface area (Å²) in [7, 11) is -1.39. The molecule has 2 N–H and O–H groups in total. The van der Waals surface area contributed by atoms with Crippen molar-refractivity contribution < 1.29 is 10.0 Å². The van der Waals surface area contributed by atoms with Gasteiger partial charge >= 0.3 is 7.12 Å². The van der Waals surface area contributed by atoms with Crippen molar-refractivity contribution in [1.29, 1.82) is 0 Å². The first-order valence-corrected chi connectivity index (χ1v) is 6.51. The van der Waals surface area contributed by atoms with Crippen molar-refractivity contribution in [2.75, 3.05) is 0 Å². The summed E-state index contributed by atoms with van der Waals surface area (Å²) in [5, 5.41) is 18.8. The van der Waals surface area contributed by atoms with Gasteiger partial charge in [0.05, 0.1) is 0 Å². The second kappa shape index (κ2) is 5.06. The molecule has 3 heteroatoms. The zero-order valence-corrected chi connectivity index (χ0v) is 12.4. The zero-order valence-electron chi connectivity index (χ0n) is 12.4. The maximum Gasteiger partial charge on any atom is 0.488 e. The smallest absolute Gasteiger partial charge is 0.423 e. The van der Waals surface area contributed by atoms with Crippen molar-refractivity contribution in [3.05, 3.63) is 34.8 Å². The summed E-state index contributed by atoms with van der Waals surface area (Å²) in [5.41, 5.74) is 3.14. The lowest BCUT2D eigenvalue weighted by atomic mass is 9.75. The van der Waals surface area contributed by atoms with Crippen LogP contribution in [0.1, 0.15) is 48.0 Å². The van der Waals surface area contributed by atoms with Crippen LogP contribution in [0.25, 0.3) is 0 Å². The van der Waals surface area contributed by atoms with Crippen LogP contribution in [0.2, 0.25) is 0 Å². The van der Waals surface area contributed by atoms with Crippen LogP contribution in [0.3, 0.4) is 0 Å². The van der Waals surface area contributed by atoms with Gasteiger partial charge in [0.25, 0.3) is 0 Å². The molecule has 0 amide bonds. The normalized spacial score (nSPS) is 17.7. The summed E-state index contributed by atoms with van der Waals surface area (Å²) in [5.74, 6) is 0. The monoisotopic (exact) mass is 248 g/mol. The van der Waals surface area contributed by atoms with E-state index in [1.807, 2.05) is 12.2 Å². The largest absolute Gasteiger partial charge is 0.488 e. The van der Waals surface area contributed by atoms with Crippen molar-refractivity contribution in [3.8, 4) is 0 Å². The SMILES string of the molecule is CC(C)(C)C1=CC(B(O)O)=CCC(C(C)(C)C)=C1. The van der Waals surface area contributed by atoms with Gasteiger partial charge in [0.15, 0.2) is 0 Å². The predicted octanol–water partition coefficient (Wildman–Crippen LogP) is 3.27. The second-order valence-electron chi connectivity index (χ2n) is 7.05. The summed E-state index contributed by atoms with van der Waals surface area (Å²) < 4.78 is 0. The van der Waals surface area contributed by atoms with Crippen LogP contribution in [-0.4, -0.2) is 17.2 Å². The number of rotatable bonds is 1. The summed E-state index contributed by atoms with van der Waals surface area (Å²) in [6.07, 6.45) is 6.81. The Morgan fingerprint density at radius 2 is 1.50 bits per heavy atom. The molecule has 0 aliphatic heterocycles. The van der Waals surface area contributed by atoms with Gasteiger partial charge in [-0.25, -0.2) is 0 Å². The molecule has 18 heavy (non-hydrogen) atoms. The molecule has 0 saturated carbocycles. The average Bonchev–Trinajstić information content (AvgIpc) is 2.37. The summed E-state index contributed by atoms with van der Waals surface area (Å²) in [6.45, 7) is 13.0. The lowest BCUT2D eigenvalue weighted by Gasteiger charge is -2.26. The van der Waals surface area contributed by atoms with Crippen LogP contribution in [0.5, 0.6) is 0 Å². The van der Waals surface area contributed by atoms with Gasteiger partial charge in [0, 0.05) is 0 Å². The Labute approximate surface area is 111 Å². The summed E-state index contributed by atoms with van der Waals surface area (Å²) in [6, 6.07) is 0.